The molecule has 11 nitrogen and oxygen atoms in total. The largest absolute Gasteiger partial charge is 0.381 e. The molecule has 3 saturated heterocycles. The lowest BCUT2D eigenvalue weighted by Gasteiger charge is -2.54. The number of hydrogen-bond acceptors (Lipinski definition) is 10. The first-order valence-electron chi connectivity index (χ1n) is 15.6. The van der Waals surface area contributed by atoms with Gasteiger partial charge < -0.3 is 24.8 Å². The van der Waals surface area contributed by atoms with Crippen LogP contribution in [0.15, 0.2) is 49.3 Å². The molecule has 3 aliphatic rings. The molecule has 240 valence electrons. The number of carbonyl (C=O) groups is 1. The summed E-state index contributed by atoms with van der Waals surface area (Å²) in [6, 6.07) is 8.20. The summed E-state index contributed by atoms with van der Waals surface area (Å²) in [4.78, 5) is 32.5. The first-order valence-corrected chi connectivity index (χ1v) is 17.5. The normalized spacial score (nSPS) is 21.4. The van der Waals surface area contributed by atoms with E-state index in [-0.39, 0.29) is 29.9 Å². The molecular weight excluding hydrogens is 590 g/mol. The molecule has 1 N–H and O–H groups in total. The molecule has 12 heteroatoms. The van der Waals surface area contributed by atoms with Crippen LogP contribution < -0.4 is 15.1 Å². The van der Waals surface area contributed by atoms with Gasteiger partial charge in [-0.15, -0.1) is 0 Å². The van der Waals surface area contributed by atoms with Gasteiger partial charge in [0.1, 0.15) is 11.6 Å². The van der Waals surface area contributed by atoms with E-state index < -0.39 is 14.6 Å². The number of pyridine rings is 1. The fourth-order valence-electron chi connectivity index (χ4n) is 6.90. The second-order valence-corrected chi connectivity index (χ2v) is 15.7. The Kier molecular flexibility index (Phi) is 8.23. The van der Waals surface area contributed by atoms with Crippen LogP contribution in [-0.4, -0.2) is 97.2 Å². The molecule has 0 radical (unpaired) electrons. The molecule has 1 aromatic carbocycles. The average Bonchev–Trinajstić information content (AvgIpc) is 2.99. The van der Waals surface area contributed by atoms with Gasteiger partial charge in [0, 0.05) is 87.4 Å². The van der Waals surface area contributed by atoms with E-state index in [0.29, 0.717) is 37.2 Å². The monoisotopic (exact) mass is 633 g/mol. The Hall–Kier alpha value is -3.77. The highest BCUT2D eigenvalue weighted by Crippen LogP contribution is 2.45. The lowest BCUT2D eigenvalue weighted by atomic mass is 9.79. The maximum absolute atomic E-state index is 12.6. The molecular formula is C33H43N7O4S. The van der Waals surface area contributed by atoms with Gasteiger partial charge in [-0.1, -0.05) is 12.6 Å². The number of aromatic nitrogens is 3. The second-order valence-electron chi connectivity index (χ2n) is 13.1. The molecule has 0 spiro atoms. The van der Waals surface area contributed by atoms with Crippen molar-refractivity contribution in [1.29, 1.82) is 0 Å². The number of nitrogens with one attached hydrogen (secondary N) is 1. The summed E-state index contributed by atoms with van der Waals surface area (Å²) in [6.45, 7) is 13.0. The lowest BCUT2D eigenvalue weighted by Crippen LogP contribution is -2.64. The lowest BCUT2D eigenvalue weighted by molar-refractivity contribution is -0.130. The smallest absolute Gasteiger partial charge is 0.245 e. The minimum absolute atomic E-state index is 0.00785. The van der Waals surface area contributed by atoms with Gasteiger partial charge in [0.05, 0.1) is 10.9 Å². The van der Waals surface area contributed by atoms with Crippen LogP contribution in [0.1, 0.15) is 45.1 Å². The molecule has 5 heterocycles. The number of rotatable bonds is 9. The molecule has 0 bridgehead atoms. The molecule has 45 heavy (non-hydrogen) atoms. The van der Waals surface area contributed by atoms with Crippen LogP contribution in [0, 0.1) is 5.92 Å². The second kappa shape index (κ2) is 11.9. The van der Waals surface area contributed by atoms with Crippen LogP contribution in [0.4, 0.5) is 23.3 Å². The standard InChI is InChI=1S/C33H43N7O4S/c1-7-31(41)39-18-22(19-39)24-8-9-28(40-20-27(21(40)2)33(3,4)45(6,42)43)26-17-35-30(16-25(24)26)36-29-10-13-34-32(37-29)38-14-11-23(44-5)12-15-38/h7-10,13,16-17,21-23,27H,1,11-12,14-15,18-20H2,2-6H3,(H,34,35,36,37)/t21-,27+/m1/s1. The number of anilines is 4. The zero-order valence-corrected chi connectivity index (χ0v) is 27.5. The SMILES string of the molecule is C=CC(=O)N1CC(c2ccc(N3C[C@H](C(C)(C)S(C)(=O)=O)[C@H]3C)c3cnc(Nc4ccnc(N5CCC(OC)CC5)n4)cc23)C1. The molecule has 0 saturated carbocycles. The van der Waals surface area contributed by atoms with Gasteiger partial charge in [-0.3, -0.25) is 4.79 Å². The topological polar surface area (TPSA) is 121 Å². The summed E-state index contributed by atoms with van der Waals surface area (Å²) in [5.41, 5.74) is 2.18. The van der Waals surface area contributed by atoms with E-state index >= 15 is 0 Å². The van der Waals surface area contributed by atoms with Gasteiger partial charge in [-0.2, -0.15) is 4.98 Å². The number of sulfone groups is 1. The quantitative estimate of drug-likeness (QED) is 0.344. The van der Waals surface area contributed by atoms with E-state index in [0.717, 1.165) is 48.0 Å². The number of carbonyl (C=O) groups excluding carboxylic acids is 1. The van der Waals surface area contributed by atoms with Gasteiger partial charge >= 0.3 is 0 Å². The zero-order chi connectivity index (χ0) is 32.1. The highest BCUT2D eigenvalue weighted by Gasteiger charge is 2.50. The molecule has 1 amide bonds. The number of ether oxygens (including phenoxy) is 1. The fourth-order valence-corrected chi connectivity index (χ4v) is 7.72. The van der Waals surface area contributed by atoms with Crippen molar-refractivity contribution in [3.8, 4) is 0 Å². The third-order valence-corrected chi connectivity index (χ3v) is 12.5. The highest BCUT2D eigenvalue weighted by molar-refractivity contribution is 7.92. The van der Waals surface area contributed by atoms with E-state index in [1.165, 1.54) is 12.3 Å². The Morgan fingerprint density at radius 3 is 2.47 bits per heavy atom. The number of likely N-dealkylation sites (tertiary alicyclic amines) is 1. The minimum Gasteiger partial charge on any atom is -0.381 e. The summed E-state index contributed by atoms with van der Waals surface area (Å²) in [7, 11) is -1.47. The molecule has 3 aliphatic heterocycles. The Morgan fingerprint density at radius 1 is 1.09 bits per heavy atom. The minimum atomic E-state index is -3.23. The van der Waals surface area contributed by atoms with Crippen molar-refractivity contribution in [2.45, 2.75) is 56.4 Å². The molecule has 6 rings (SSSR count). The number of nitrogens with zero attached hydrogens (tertiary/aromatic N) is 6. The first-order chi connectivity index (χ1) is 21.4. The summed E-state index contributed by atoms with van der Waals surface area (Å²) in [5, 5.41) is 5.44. The zero-order valence-electron chi connectivity index (χ0n) is 26.7. The number of amides is 1. The van der Waals surface area contributed by atoms with Crippen molar-refractivity contribution < 1.29 is 17.9 Å². The summed E-state index contributed by atoms with van der Waals surface area (Å²) in [6.07, 6.45) is 8.49. The van der Waals surface area contributed by atoms with E-state index in [4.69, 9.17) is 14.7 Å². The molecule has 3 aromatic rings. The average molecular weight is 634 g/mol. The summed E-state index contributed by atoms with van der Waals surface area (Å²) < 4.78 is 29.8. The van der Waals surface area contributed by atoms with Crippen molar-refractivity contribution in [2.75, 3.05) is 61.2 Å². The van der Waals surface area contributed by atoms with Crippen molar-refractivity contribution in [2.24, 2.45) is 5.92 Å². The van der Waals surface area contributed by atoms with Crippen LogP contribution in [0.3, 0.4) is 0 Å². The van der Waals surface area contributed by atoms with E-state index in [2.05, 4.69) is 51.8 Å². The van der Waals surface area contributed by atoms with Crippen LogP contribution in [0.25, 0.3) is 10.8 Å². The maximum Gasteiger partial charge on any atom is 0.245 e. The van der Waals surface area contributed by atoms with Crippen LogP contribution in [-0.2, 0) is 19.4 Å². The maximum atomic E-state index is 12.6. The van der Waals surface area contributed by atoms with Crippen LogP contribution in [0.5, 0.6) is 0 Å². The van der Waals surface area contributed by atoms with Gasteiger partial charge in [0.25, 0.3) is 0 Å². The Balaban J connectivity index is 1.30. The molecule has 3 fully saturated rings. The summed E-state index contributed by atoms with van der Waals surface area (Å²) in [5.74, 6) is 2.14. The third kappa shape index (κ3) is 5.74. The van der Waals surface area contributed by atoms with Crippen molar-refractivity contribution >= 4 is 49.8 Å². The number of benzene rings is 1. The van der Waals surface area contributed by atoms with Crippen molar-refractivity contribution in [1.82, 2.24) is 19.9 Å². The Morgan fingerprint density at radius 2 is 1.82 bits per heavy atom. The van der Waals surface area contributed by atoms with Crippen molar-refractivity contribution in [3.05, 3.63) is 54.9 Å². The van der Waals surface area contributed by atoms with E-state index in [9.17, 15) is 13.2 Å². The Labute approximate surface area is 265 Å². The highest BCUT2D eigenvalue weighted by atomic mass is 32.2. The summed E-state index contributed by atoms with van der Waals surface area (Å²) >= 11 is 0. The molecule has 0 unspecified atom stereocenters. The predicted molar refractivity (Wildman–Crippen MR) is 178 cm³/mol. The van der Waals surface area contributed by atoms with Gasteiger partial charge in [-0.25, -0.2) is 18.4 Å². The fraction of sp³-hybridized carbons (Fsp3) is 0.515. The molecule has 2 atom stereocenters. The van der Waals surface area contributed by atoms with Gasteiger partial charge in [-0.05, 0) is 68.8 Å². The van der Waals surface area contributed by atoms with E-state index in [1.807, 2.05) is 26.1 Å². The third-order valence-electron chi connectivity index (χ3n) is 10.3. The first kappa shape index (κ1) is 31.2. The van der Waals surface area contributed by atoms with Crippen LogP contribution >= 0.6 is 0 Å². The number of fused-ring (bicyclic) bond motifs is 1. The number of hydrogen-bond donors (Lipinski definition) is 1. The van der Waals surface area contributed by atoms with Gasteiger partial charge in [0.2, 0.25) is 11.9 Å². The predicted octanol–water partition coefficient (Wildman–Crippen LogP) is 4.14. The molecule has 0 aliphatic carbocycles. The molecule has 2 aromatic heterocycles. The van der Waals surface area contributed by atoms with Crippen molar-refractivity contribution in [3.63, 3.8) is 0 Å². The Bertz CT molecular complexity index is 1720. The van der Waals surface area contributed by atoms with E-state index in [1.54, 1.807) is 18.2 Å². The van der Waals surface area contributed by atoms with Gasteiger partial charge in [0.15, 0.2) is 9.84 Å². The number of piperidine rings is 1. The number of methoxy groups -OCH3 is 1. The van der Waals surface area contributed by atoms with Crippen LogP contribution in [0.2, 0.25) is 0 Å².